The van der Waals surface area contributed by atoms with Gasteiger partial charge in [0.05, 0.1) is 5.92 Å². The van der Waals surface area contributed by atoms with Gasteiger partial charge in [0.1, 0.15) is 0 Å². The lowest BCUT2D eigenvalue weighted by molar-refractivity contribution is -0.145. The number of aliphatic carboxylic acids is 1. The first-order chi connectivity index (χ1) is 8.18. The Morgan fingerprint density at radius 2 is 1.76 bits per heavy atom. The molecule has 1 amide bonds. The van der Waals surface area contributed by atoms with Crippen LogP contribution < -0.4 is 5.32 Å². The van der Waals surface area contributed by atoms with Crippen molar-refractivity contribution in [3.05, 3.63) is 0 Å². The summed E-state index contributed by atoms with van der Waals surface area (Å²) in [5, 5.41) is 12.2. The molecule has 2 unspecified atom stereocenters. The third-order valence-electron chi connectivity index (χ3n) is 3.80. The van der Waals surface area contributed by atoms with Crippen molar-refractivity contribution < 1.29 is 14.7 Å². The summed E-state index contributed by atoms with van der Waals surface area (Å²) in [6.45, 7) is 3.21. The molecule has 5 nitrogen and oxygen atoms in total. The number of amides is 1. The quantitative estimate of drug-likeness (QED) is 0.729. The summed E-state index contributed by atoms with van der Waals surface area (Å²) in [6.07, 6.45) is 2.96. The molecule has 1 saturated carbocycles. The summed E-state index contributed by atoms with van der Waals surface area (Å²) in [5.41, 5.74) is 0. The largest absolute Gasteiger partial charge is 0.481 e. The molecule has 0 bridgehead atoms. The number of carboxylic acids is 1. The molecule has 0 radical (unpaired) electrons. The topological polar surface area (TPSA) is 69.6 Å². The van der Waals surface area contributed by atoms with Crippen LogP contribution in [0.5, 0.6) is 0 Å². The molecule has 5 heteroatoms. The van der Waals surface area contributed by atoms with Crippen LogP contribution in [0.1, 0.15) is 25.7 Å². The monoisotopic (exact) mass is 240 g/mol. The second-order valence-electron chi connectivity index (χ2n) is 4.97. The average Bonchev–Trinajstić information content (AvgIpc) is 2.39. The van der Waals surface area contributed by atoms with Gasteiger partial charge < -0.3 is 15.3 Å². The number of rotatable bonds is 2. The molecule has 0 aromatic heterocycles. The molecule has 2 rings (SSSR count). The molecule has 0 aromatic rings. The molecule has 2 N–H and O–H groups in total. The van der Waals surface area contributed by atoms with Crippen molar-refractivity contribution in [3.8, 4) is 0 Å². The van der Waals surface area contributed by atoms with Crippen LogP contribution >= 0.6 is 0 Å². The molecule has 2 atom stereocenters. The van der Waals surface area contributed by atoms with Gasteiger partial charge in [-0.15, -0.1) is 0 Å². The molecule has 96 valence electrons. The van der Waals surface area contributed by atoms with Gasteiger partial charge in [0.15, 0.2) is 0 Å². The Morgan fingerprint density at radius 1 is 1.12 bits per heavy atom. The molecule has 2 fully saturated rings. The van der Waals surface area contributed by atoms with E-state index in [2.05, 4.69) is 5.32 Å². The first kappa shape index (κ1) is 12.4. The number of carbonyl (C=O) groups excluding carboxylic acids is 1. The van der Waals surface area contributed by atoms with Gasteiger partial charge in [0, 0.05) is 32.1 Å². The summed E-state index contributed by atoms with van der Waals surface area (Å²) < 4.78 is 0. The predicted molar refractivity (Wildman–Crippen MR) is 62.5 cm³/mol. The van der Waals surface area contributed by atoms with Crippen LogP contribution in [0.25, 0.3) is 0 Å². The van der Waals surface area contributed by atoms with Crippen LogP contribution in [0.3, 0.4) is 0 Å². The molecular formula is C12H20N2O3. The summed E-state index contributed by atoms with van der Waals surface area (Å²) in [4.78, 5) is 25.1. The Balaban J connectivity index is 1.91. The van der Waals surface area contributed by atoms with Crippen molar-refractivity contribution >= 4 is 11.9 Å². The predicted octanol–water partition coefficient (Wildman–Crippen LogP) is 0.309. The SMILES string of the molecule is O=C(O)C1CCCC(C(=O)N2CCNCC2)C1. The zero-order valence-electron chi connectivity index (χ0n) is 10.0. The molecule has 2 aliphatic rings. The summed E-state index contributed by atoms with van der Waals surface area (Å²) in [5.74, 6) is -0.969. The van der Waals surface area contributed by atoms with E-state index in [-0.39, 0.29) is 17.7 Å². The van der Waals surface area contributed by atoms with Crippen molar-refractivity contribution in [1.29, 1.82) is 0 Å². The minimum absolute atomic E-state index is 0.0667. The van der Waals surface area contributed by atoms with E-state index < -0.39 is 5.97 Å². The Labute approximate surface area is 101 Å². The van der Waals surface area contributed by atoms with Gasteiger partial charge in [-0.1, -0.05) is 6.42 Å². The van der Waals surface area contributed by atoms with Crippen molar-refractivity contribution in [2.75, 3.05) is 26.2 Å². The van der Waals surface area contributed by atoms with E-state index in [1.807, 2.05) is 4.90 Å². The normalized spacial score (nSPS) is 30.0. The maximum absolute atomic E-state index is 12.2. The summed E-state index contributed by atoms with van der Waals surface area (Å²) in [6, 6.07) is 0. The van der Waals surface area contributed by atoms with Crippen LogP contribution in [0.15, 0.2) is 0 Å². The molecule has 0 aromatic carbocycles. The average molecular weight is 240 g/mol. The highest BCUT2D eigenvalue weighted by molar-refractivity contribution is 5.80. The van der Waals surface area contributed by atoms with E-state index in [4.69, 9.17) is 5.11 Å². The van der Waals surface area contributed by atoms with Crippen molar-refractivity contribution in [2.45, 2.75) is 25.7 Å². The summed E-state index contributed by atoms with van der Waals surface area (Å²) >= 11 is 0. The number of carboxylic acid groups (broad SMARTS) is 1. The highest BCUT2D eigenvalue weighted by Crippen LogP contribution is 2.30. The Bertz CT molecular complexity index is 300. The molecule has 1 saturated heterocycles. The molecule has 1 heterocycles. The molecule has 1 aliphatic heterocycles. The fourth-order valence-electron chi connectivity index (χ4n) is 2.78. The number of carbonyl (C=O) groups is 2. The number of hydrogen-bond acceptors (Lipinski definition) is 3. The first-order valence-corrected chi connectivity index (χ1v) is 6.41. The first-order valence-electron chi connectivity index (χ1n) is 6.41. The molecular weight excluding hydrogens is 220 g/mol. The number of nitrogens with one attached hydrogen (secondary N) is 1. The lowest BCUT2D eigenvalue weighted by Crippen LogP contribution is -2.49. The van der Waals surface area contributed by atoms with E-state index in [9.17, 15) is 9.59 Å². The Morgan fingerprint density at radius 3 is 2.41 bits per heavy atom. The van der Waals surface area contributed by atoms with Crippen LogP contribution in [0.2, 0.25) is 0 Å². The lowest BCUT2D eigenvalue weighted by atomic mass is 9.80. The van der Waals surface area contributed by atoms with Crippen LogP contribution in [-0.4, -0.2) is 48.1 Å². The van der Waals surface area contributed by atoms with Crippen LogP contribution in [0.4, 0.5) is 0 Å². The van der Waals surface area contributed by atoms with E-state index in [0.29, 0.717) is 6.42 Å². The van der Waals surface area contributed by atoms with Crippen LogP contribution in [-0.2, 0) is 9.59 Å². The van der Waals surface area contributed by atoms with Gasteiger partial charge in [-0.05, 0) is 19.3 Å². The molecule has 1 aliphatic carbocycles. The van der Waals surface area contributed by atoms with E-state index in [1.165, 1.54) is 0 Å². The second-order valence-corrected chi connectivity index (χ2v) is 4.97. The van der Waals surface area contributed by atoms with Gasteiger partial charge in [-0.25, -0.2) is 0 Å². The summed E-state index contributed by atoms with van der Waals surface area (Å²) in [7, 11) is 0. The van der Waals surface area contributed by atoms with Gasteiger partial charge in [0.25, 0.3) is 0 Å². The third-order valence-corrected chi connectivity index (χ3v) is 3.80. The maximum atomic E-state index is 12.2. The highest BCUT2D eigenvalue weighted by Gasteiger charge is 2.33. The van der Waals surface area contributed by atoms with Crippen molar-refractivity contribution in [3.63, 3.8) is 0 Å². The van der Waals surface area contributed by atoms with Crippen LogP contribution in [0, 0.1) is 11.8 Å². The van der Waals surface area contributed by atoms with Gasteiger partial charge in [-0.2, -0.15) is 0 Å². The second kappa shape index (κ2) is 5.49. The number of piperazine rings is 1. The third kappa shape index (κ3) is 2.97. The Hall–Kier alpha value is -1.10. The van der Waals surface area contributed by atoms with Gasteiger partial charge in [0.2, 0.25) is 5.91 Å². The molecule has 17 heavy (non-hydrogen) atoms. The smallest absolute Gasteiger partial charge is 0.306 e. The van der Waals surface area contributed by atoms with Crippen molar-refractivity contribution in [2.24, 2.45) is 11.8 Å². The van der Waals surface area contributed by atoms with E-state index in [0.717, 1.165) is 45.4 Å². The number of nitrogens with zero attached hydrogens (tertiary/aromatic N) is 1. The highest BCUT2D eigenvalue weighted by atomic mass is 16.4. The Kier molecular flexibility index (Phi) is 3.99. The standard InChI is InChI=1S/C12H20N2O3/c15-11(14-6-4-13-5-7-14)9-2-1-3-10(8-9)12(16)17/h9-10,13H,1-8H2,(H,16,17). The fourth-order valence-corrected chi connectivity index (χ4v) is 2.78. The molecule has 0 spiro atoms. The number of hydrogen-bond donors (Lipinski definition) is 2. The maximum Gasteiger partial charge on any atom is 0.306 e. The zero-order valence-corrected chi connectivity index (χ0v) is 10.0. The van der Waals surface area contributed by atoms with Crippen molar-refractivity contribution in [1.82, 2.24) is 10.2 Å². The zero-order chi connectivity index (χ0) is 12.3. The van der Waals surface area contributed by atoms with E-state index >= 15 is 0 Å². The fraction of sp³-hybridized carbons (Fsp3) is 0.833. The minimum Gasteiger partial charge on any atom is -0.481 e. The van der Waals surface area contributed by atoms with Gasteiger partial charge in [-0.3, -0.25) is 9.59 Å². The lowest BCUT2D eigenvalue weighted by Gasteiger charge is -2.33. The van der Waals surface area contributed by atoms with E-state index in [1.54, 1.807) is 0 Å². The van der Waals surface area contributed by atoms with Gasteiger partial charge >= 0.3 is 5.97 Å². The minimum atomic E-state index is -0.747.